The first-order valence-corrected chi connectivity index (χ1v) is 5.29. The van der Waals surface area contributed by atoms with Crippen molar-refractivity contribution in [2.24, 2.45) is 0 Å². The van der Waals surface area contributed by atoms with E-state index in [0.717, 1.165) is 23.5 Å². The fourth-order valence-corrected chi connectivity index (χ4v) is 1.80. The molecular formula is C10H6F2N2O2S. The molecule has 0 aliphatic heterocycles. The standard InChI is InChI=1S/C10H6F2N2O2S/c11-6-2-1-5(3-7(6)12)14-10-13-4-8(17-10)9(15)16/h1-4H,(H,13,14)(H,15,16). The van der Waals surface area contributed by atoms with E-state index < -0.39 is 17.6 Å². The monoisotopic (exact) mass is 256 g/mol. The Labute approximate surface area is 98.6 Å². The summed E-state index contributed by atoms with van der Waals surface area (Å²) in [6, 6.07) is 3.28. The van der Waals surface area contributed by atoms with Gasteiger partial charge in [-0.15, -0.1) is 0 Å². The van der Waals surface area contributed by atoms with Crippen LogP contribution in [0.5, 0.6) is 0 Å². The molecule has 0 radical (unpaired) electrons. The molecule has 2 aromatic rings. The molecule has 0 spiro atoms. The van der Waals surface area contributed by atoms with Crippen LogP contribution in [0.2, 0.25) is 0 Å². The van der Waals surface area contributed by atoms with Crippen molar-refractivity contribution in [3.05, 3.63) is 40.9 Å². The lowest BCUT2D eigenvalue weighted by atomic mass is 10.3. The molecular weight excluding hydrogens is 250 g/mol. The molecule has 0 saturated heterocycles. The number of carboxylic acid groups (broad SMARTS) is 1. The minimum Gasteiger partial charge on any atom is -0.477 e. The van der Waals surface area contributed by atoms with Crippen LogP contribution in [-0.2, 0) is 0 Å². The summed E-state index contributed by atoms with van der Waals surface area (Å²) in [5, 5.41) is 11.7. The maximum Gasteiger partial charge on any atom is 0.347 e. The lowest BCUT2D eigenvalue weighted by Crippen LogP contribution is -1.91. The molecule has 0 unspecified atom stereocenters. The Morgan fingerprint density at radius 2 is 2.12 bits per heavy atom. The van der Waals surface area contributed by atoms with Gasteiger partial charge in [-0.05, 0) is 12.1 Å². The number of nitrogens with zero attached hydrogens (tertiary/aromatic N) is 1. The smallest absolute Gasteiger partial charge is 0.347 e. The van der Waals surface area contributed by atoms with Crippen molar-refractivity contribution in [3.8, 4) is 0 Å². The number of aromatic carboxylic acids is 1. The van der Waals surface area contributed by atoms with Crippen LogP contribution in [0.3, 0.4) is 0 Å². The van der Waals surface area contributed by atoms with Gasteiger partial charge < -0.3 is 10.4 Å². The first kappa shape index (κ1) is 11.5. The molecule has 0 fully saturated rings. The largest absolute Gasteiger partial charge is 0.477 e. The zero-order chi connectivity index (χ0) is 12.4. The number of carboxylic acids is 1. The van der Waals surface area contributed by atoms with Gasteiger partial charge in [-0.25, -0.2) is 18.6 Å². The second-order valence-electron chi connectivity index (χ2n) is 3.09. The predicted molar refractivity (Wildman–Crippen MR) is 58.7 cm³/mol. The van der Waals surface area contributed by atoms with Gasteiger partial charge in [-0.2, -0.15) is 0 Å². The highest BCUT2D eigenvalue weighted by atomic mass is 32.1. The predicted octanol–water partition coefficient (Wildman–Crippen LogP) is 2.86. The molecule has 88 valence electrons. The Hall–Kier alpha value is -2.02. The van der Waals surface area contributed by atoms with Crippen LogP contribution in [0.1, 0.15) is 9.67 Å². The van der Waals surface area contributed by atoms with Crippen LogP contribution in [-0.4, -0.2) is 16.1 Å². The summed E-state index contributed by atoms with van der Waals surface area (Å²) in [5.41, 5.74) is 0.301. The maximum atomic E-state index is 12.9. The number of hydrogen-bond donors (Lipinski definition) is 2. The summed E-state index contributed by atoms with van der Waals surface area (Å²) in [4.78, 5) is 14.5. The number of halogens is 2. The third-order valence-corrected chi connectivity index (χ3v) is 2.79. The highest BCUT2D eigenvalue weighted by Gasteiger charge is 2.09. The molecule has 0 atom stereocenters. The average molecular weight is 256 g/mol. The van der Waals surface area contributed by atoms with E-state index >= 15 is 0 Å². The second-order valence-corrected chi connectivity index (χ2v) is 4.12. The fraction of sp³-hybridized carbons (Fsp3) is 0. The maximum absolute atomic E-state index is 12.9. The summed E-state index contributed by atoms with van der Waals surface area (Å²) in [7, 11) is 0. The molecule has 1 aromatic carbocycles. The normalized spacial score (nSPS) is 10.2. The lowest BCUT2D eigenvalue weighted by Gasteiger charge is -2.02. The van der Waals surface area contributed by atoms with Crippen LogP contribution >= 0.6 is 11.3 Å². The summed E-state index contributed by atoms with van der Waals surface area (Å²) in [5.74, 6) is -3.01. The second kappa shape index (κ2) is 4.46. The molecule has 2 rings (SSSR count). The Morgan fingerprint density at radius 1 is 1.35 bits per heavy atom. The van der Waals surface area contributed by atoms with Crippen LogP contribution in [0.25, 0.3) is 0 Å². The first-order chi connectivity index (χ1) is 8.06. The molecule has 0 aliphatic rings. The van der Waals surface area contributed by atoms with Crippen molar-refractivity contribution in [1.82, 2.24) is 4.98 Å². The molecule has 4 nitrogen and oxygen atoms in total. The highest BCUT2D eigenvalue weighted by Crippen LogP contribution is 2.23. The number of benzene rings is 1. The van der Waals surface area contributed by atoms with Gasteiger partial charge in [-0.3, -0.25) is 0 Å². The summed E-state index contributed by atoms with van der Waals surface area (Å²) < 4.78 is 25.5. The van der Waals surface area contributed by atoms with Gasteiger partial charge >= 0.3 is 5.97 Å². The van der Waals surface area contributed by atoms with Crippen molar-refractivity contribution in [2.75, 3.05) is 5.32 Å². The van der Waals surface area contributed by atoms with Gasteiger partial charge in [0.2, 0.25) is 0 Å². The zero-order valence-electron chi connectivity index (χ0n) is 8.28. The van der Waals surface area contributed by atoms with E-state index in [0.29, 0.717) is 10.8 Å². The SMILES string of the molecule is O=C(O)c1cnc(Nc2ccc(F)c(F)c2)s1. The van der Waals surface area contributed by atoms with Crippen LogP contribution in [0.15, 0.2) is 24.4 Å². The van der Waals surface area contributed by atoms with E-state index in [1.54, 1.807) is 0 Å². The highest BCUT2D eigenvalue weighted by molar-refractivity contribution is 7.17. The lowest BCUT2D eigenvalue weighted by molar-refractivity contribution is 0.0702. The van der Waals surface area contributed by atoms with Crippen molar-refractivity contribution < 1.29 is 18.7 Å². The number of carbonyl (C=O) groups is 1. The quantitative estimate of drug-likeness (QED) is 0.886. The summed E-state index contributed by atoms with van der Waals surface area (Å²) in [6.07, 6.45) is 1.19. The van der Waals surface area contributed by atoms with Gasteiger partial charge in [-0.1, -0.05) is 11.3 Å². The van der Waals surface area contributed by atoms with Crippen molar-refractivity contribution >= 4 is 28.1 Å². The number of rotatable bonds is 3. The van der Waals surface area contributed by atoms with Gasteiger partial charge in [0.15, 0.2) is 16.8 Å². The van der Waals surface area contributed by atoms with E-state index in [1.165, 1.54) is 12.3 Å². The Balaban J connectivity index is 2.19. The third-order valence-electron chi connectivity index (χ3n) is 1.89. The number of nitrogens with one attached hydrogen (secondary N) is 1. The number of thiazole rings is 1. The minimum absolute atomic E-state index is 0.0649. The topological polar surface area (TPSA) is 62.2 Å². The van der Waals surface area contributed by atoms with E-state index in [1.807, 2.05) is 0 Å². The molecule has 2 N–H and O–H groups in total. The molecule has 0 saturated carbocycles. The van der Waals surface area contributed by atoms with Crippen LogP contribution in [0, 0.1) is 11.6 Å². The molecule has 1 heterocycles. The average Bonchev–Trinajstić information content (AvgIpc) is 2.72. The summed E-state index contributed by atoms with van der Waals surface area (Å²) in [6.45, 7) is 0. The van der Waals surface area contributed by atoms with Crippen LogP contribution < -0.4 is 5.32 Å². The molecule has 0 amide bonds. The van der Waals surface area contributed by atoms with E-state index in [-0.39, 0.29) is 4.88 Å². The number of hydrogen-bond acceptors (Lipinski definition) is 4. The zero-order valence-corrected chi connectivity index (χ0v) is 9.09. The van der Waals surface area contributed by atoms with Gasteiger partial charge in [0, 0.05) is 11.8 Å². The summed E-state index contributed by atoms with van der Waals surface area (Å²) >= 11 is 0.908. The van der Waals surface area contributed by atoms with Crippen molar-refractivity contribution in [1.29, 1.82) is 0 Å². The van der Waals surface area contributed by atoms with E-state index in [9.17, 15) is 13.6 Å². The van der Waals surface area contributed by atoms with Gasteiger partial charge in [0.05, 0.1) is 6.20 Å². The van der Waals surface area contributed by atoms with E-state index in [4.69, 9.17) is 5.11 Å². The molecule has 7 heteroatoms. The van der Waals surface area contributed by atoms with Gasteiger partial charge in [0.1, 0.15) is 4.88 Å². The molecule has 17 heavy (non-hydrogen) atoms. The van der Waals surface area contributed by atoms with Crippen molar-refractivity contribution in [2.45, 2.75) is 0 Å². The van der Waals surface area contributed by atoms with Crippen LogP contribution in [0.4, 0.5) is 19.6 Å². The Kier molecular flexibility index (Phi) is 3.01. The Bertz CT molecular complexity index is 571. The number of aromatic nitrogens is 1. The van der Waals surface area contributed by atoms with Crippen molar-refractivity contribution in [3.63, 3.8) is 0 Å². The molecule has 0 bridgehead atoms. The number of anilines is 2. The molecule has 0 aliphatic carbocycles. The Morgan fingerprint density at radius 3 is 2.71 bits per heavy atom. The van der Waals surface area contributed by atoms with E-state index in [2.05, 4.69) is 10.3 Å². The first-order valence-electron chi connectivity index (χ1n) is 4.47. The van der Waals surface area contributed by atoms with Gasteiger partial charge in [0.25, 0.3) is 0 Å². The third kappa shape index (κ3) is 2.56. The fourth-order valence-electron chi connectivity index (χ4n) is 1.13. The molecule has 1 aromatic heterocycles. The minimum atomic E-state index is -1.08.